The van der Waals surface area contributed by atoms with E-state index in [1.807, 2.05) is 24.3 Å². The number of carbonyl (C=O) groups is 1. The number of hydrogen-bond acceptors (Lipinski definition) is 6. The Kier molecular flexibility index (Phi) is 7.76. The molecule has 2 rings (SSSR count). The summed E-state index contributed by atoms with van der Waals surface area (Å²) in [5.74, 6) is 0.268. The summed E-state index contributed by atoms with van der Waals surface area (Å²) in [6.07, 6.45) is 2.34. The van der Waals surface area contributed by atoms with Gasteiger partial charge in [-0.2, -0.15) is 0 Å². The van der Waals surface area contributed by atoms with Gasteiger partial charge in [-0.1, -0.05) is 18.2 Å². The lowest BCUT2D eigenvalue weighted by Crippen LogP contribution is -2.41. The van der Waals surface area contributed by atoms with Gasteiger partial charge in [0, 0.05) is 12.6 Å². The van der Waals surface area contributed by atoms with Crippen molar-refractivity contribution in [2.75, 3.05) is 30.8 Å². The Morgan fingerprint density at radius 1 is 1.23 bits per heavy atom. The standard InChI is InChI=1S/C20H25N3O6S/c1-15-18(10-5-11-19(15)23(25)26)22(30(3,27)28)14-20(24)21-12-6-8-16-7-4-9-17(13-16)29-2/h4-5,7,9-11,13H,6,8,12,14H2,1-3H3,(H,21,24). The molecule has 0 aliphatic rings. The van der Waals surface area contributed by atoms with Gasteiger partial charge in [-0.05, 0) is 43.5 Å². The third-order valence-corrected chi connectivity index (χ3v) is 5.65. The highest BCUT2D eigenvalue weighted by atomic mass is 32.2. The van der Waals surface area contributed by atoms with Crippen molar-refractivity contribution in [3.63, 3.8) is 0 Å². The lowest BCUT2D eigenvalue weighted by Gasteiger charge is -2.23. The normalized spacial score (nSPS) is 11.0. The molecule has 0 radical (unpaired) electrons. The Hall–Kier alpha value is -3.14. The van der Waals surface area contributed by atoms with Crippen LogP contribution in [0.15, 0.2) is 42.5 Å². The smallest absolute Gasteiger partial charge is 0.274 e. The average Bonchev–Trinajstić information content (AvgIpc) is 2.69. The number of amides is 1. The second-order valence-electron chi connectivity index (χ2n) is 6.75. The van der Waals surface area contributed by atoms with Gasteiger partial charge in [-0.25, -0.2) is 8.42 Å². The van der Waals surface area contributed by atoms with Crippen LogP contribution in [0, 0.1) is 17.0 Å². The van der Waals surface area contributed by atoms with Gasteiger partial charge in [0.15, 0.2) is 0 Å². The molecule has 0 aromatic heterocycles. The maximum atomic E-state index is 12.3. The molecule has 2 aromatic carbocycles. The zero-order valence-corrected chi connectivity index (χ0v) is 17.9. The molecule has 0 bridgehead atoms. The van der Waals surface area contributed by atoms with Crippen LogP contribution in [-0.4, -0.2) is 45.7 Å². The molecule has 1 N–H and O–H groups in total. The molecule has 162 valence electrons. The maximum absolute atomic E-state index is 12.3. The first-order valence-corrected chi connectivity index (χ1v) is 11.1. The molecule has 0 unspecified atom stereocenters. The van der Waals surface area contributed by atoms with Crippen LogP contribution in [0.4, 0.5) is 11.4 Å². The highest BCUT2D eigenvalue weighted by molar-refractivity contribution is 7.92. The fraction of sp³-hybridized carbons (Fsp3) is 0.350. The minimum Gasteiger partial charge on any atom is -0.497 e. The molecule has 30 heavy (non-hydrogen) atoms. The predicted octanol–water partition coefficient (Wildman–Crippen LogP) is 2.43. The van der Waals surface area contributed by atoms with Gasteiger partial charge in [-0.15, -0.1) is 0 Å². The van der Waals surface area contributed by atoms with Crippen molar-refractivity contribution < 1.29 is 22.9 Å². The number of nitro groups is 1. The molecule has 0 aliphatic carbocycles. The molecule has 9 nitrogen and oxygen atoms in total. The van der Waals surface area contributed by atoms with Gasteiger partial charge in [0.05, 0.1) is 29.5 Å². The van der Waals surface area contributed by atoms with E-state index in [0.717, 1.165) is 28.3 Å². The third-order valence-electron chi connectivity index (χ3n) is 4.53. The van der Waals surface area contributed by atoms with Gasteiger partial charge < -0.3 is 10.1 Å². The molecular formula is C20H25N3O6S. The van der Waals surface area contributed by atoms with Crippen LogP contribution in [0.3, 0.4) is 0 Å². The third kappa shape index (κ3) is 6.18. The summed E-state index contributed by atoms with van der Waals surface area (Å²) in [4.78, 5) is 22.9. The van der Waals surface area contributed by atoms with Crippen molar-refractivity contribution in [1.82, 2.24) is 5.32 Å². The number of aryl methyl sites for hydroxylation is 1. The number of nitro benzene ring substituents is 1. The molecule has 10 heteroatoms. The number of nitrogens with one attached hydrogen (secondary N) is 1. The summed E-state index contributed by atoms with van der Waals surface area (Å²) in [7, 11) is -2.23. The number of nitrogens with zero attached hydrogens (tertiary/aromatic N) is 2. The largest absolute Gasteiger partial charge is 0.497 e. The number of rotatable bonds is 10. The summed E-state index contributed by atoms with van der Waals surface area (Å²) in [5, 5.41) is 13.9. The summed E-state index contributed by atoms with van der Waals surface area (Å²) in [5.41, 5.74) is 1.14. The molecule has 0 atom stereocenters. The lowest BCUT2D eigenvalue weighted by atomic mass is 10.1. The average molecular weight is 436 g/mol. The van der Waals surface area contributed by atoms with E-state index in [1.165, 1.54) is 25.1 Å². The number of hydrogen-bond donors (Lipinski definition) is 1. The highest BCUT2D eigenvalue weighted by Gasteiger charge is 2.25. The van der Waals surface area contributed by atoms with E-state index in [9.17, 15) is 23.3 Å². The van der Waals surface area contributed by atoms with Crippen molar-refractivity contribution in [2.45, 2.75) is 19.8 Å². The number of carbonyl (C=O) groups excluding carboxylic acids is 1. The first-order valence-electron chi connectivity index (χ1n) is 9.25. The van der Waals surface area contributed by atoms with Crippen LogP contribution in [-0.2, 0) is 21.2 Å². The summed E-state index contributed by atoms with van der Waals surface area (Å²) < 4.78 is 30.5. The van der Waals surface area contributed by atoms with E-state index in [4.69, 9.17) is 4.74 Å². The summed E-state index contributed by atoms with van der Waals surface area (Å²) in [6, 6.07) is 11.7. The van der Waals surface area contributed by atoms with E-state index in [1.54, 1.807) is 7.11 Å². The topological polar surface area (TPSA) is 119 Å². The second kappa shape index (κ2) is 10.1. The fourth-order valence-corrected chi connectivity index (χ4v) is 3.90. The Bertz CT molecular complexity index is 1020. The zero-order valence-electron chi connectivity index (χ0n) is 17.1. The maximum Gasteiger partial charge on any atom is 0.274 e. The van der Waals surface area contributed by atoms with Crippen molar-refractivity contribution in [2.24, 2.45) is 0 Å². The second-order valence-corrected chi connectivity index (χ2v) is 8.66. The minimum absolute atomic E-state index is 0.109. The van der Waals surface area contributed by atoms with E-state index in [2.05, 4.69) is 5.32 Å². The zero-order chi connectivity index (χ0) is 22.3. The molecule has 0 spiro atoms. The number of benzene rings is 2. The van der Waals surface area contributed by atoms with Gasteiger partial charge >= 0.3 is 0 Å². The van der Waals surface area contributed by atoms with E-state index >= 15 is 0 Å². The van der Waals surface area contributed by atoms with Crippen LogP contribution in [0.5, 0.6) is 5.75 Å². The molecule has 0 heterocycles. The van der Waals surface area contributed by atoms with E-state index < -0.39 is 27.4 Å². The van der Waals surface area contributed by atoms with Crippen LogP contribution in [0.2, 0.25) is 0 Å². The number of anilines is 1. The predicted molar refractivity (Wildman–Crippen MR) is 114 cm³/mol. The van der Waals surface area contributed by atoms with Crippen LogP contribution in [0.25, 0.3) is 0 Å². The number of methoxy groups -OCH3 is 1. The highest BCUT2D eigenvalue weighted by Crippen LogP contribution is 2.29. The number of sulfonamides is 1. The van der Waals surface area contributed by atoms with Gasteiger partial charge in [0.1, 0.15) is 12.3 Å². The Morgan fingerprint density at radius 2 is 1.93 bits per heavy atom. The number of ether oxygens (including phenoxy) is 1. The Labute approximate surface area is 175 Å². The molecular weight excluding hydrogens is 410 g/mol. The Morgan fingerprint density at radius 3 is 2.57 bits per heavy atom. The molecule has 1 amide bonds. The minimum atomic E-state index is -3.82. The summed E-state index contributed by atoms with van der Waals surface area (Å²) >= 11 is 0. The van der Waals surface area contributed by atoms with Crippen LogP contribution < -0.4 is 14.4 Å². The first kappa shape index (κ1) is 23.1. The molecule has 0 aliphatic heterocycles. The van der Waals surface area contributed by atoms with Crippen molar-refractivity contribution in [1.29, 1.82) is 0 Å². The Balaban J connectivity index is 2.01. The van der Waals surface area contributed by atoms with Gasteiger partial charge in [0.25, 0.3) is 5.69 Å². The summed E-state index contributed by atoms with van der Waals surface area (Å²) in [6.45, 7) is 1.36. The molecule has 0 fully saturated rings. The quantitative estimate of drug-likeness (QED) is 0.348. The molecule has 2 aromatic rings. The van der Waals surface area contributed by atoms with Crippen LogP contribution >= 0.6 is 0 Å². The lowest BCUT2D eigenvalue weighted by molar-refractivity contribution is -0.385. The fourth-order valence-electron chi connectivity index (χ4n) is 3.00. The van der Waals surface area contributed by atoms with Crippen molar-refractivity contribution in [3.8, 4) is 5.75 Å². The van der Waals surface area contributed by atoms with Crippen molar-refractivity contribution in [3.05, 3.63) is 63.7 Å². The van der Waals surface area contributed by atoms with E-state index in [-0.39, 0.29) is 16.9 Å². The van der Waals surface area contributed by atoms with E-state index in [0.29, 0.717) is 13.0 Å². The van der Waals surface area contributed by atoms with Gasteiger partial charge in [0.2, 0.25) is 15.9 Å². The SMILES string of the molecule is COc1cccc(CCCNC(=O)CN(c2cccc([N+](=O)[O-])c2C)S(C)(=O)=O)c1. The van der Waals surface area contributed by atoms with Crippen LogP contribution in [0.1, 0.15) is 17.5 Å². The monoisotopic (exact) mass is 435 g/mol. The van der Waals surface area contributed by atoms with Crippen molar-refractivity contribution >= 4 is 27.3 Å². The molecule has 0 saturated carbocycles. The first-order chi connectivity index (χ1) is 14.1. The van der Waals surface area contributed by atoms with Gasteiger partial charge in [-0.3, -0.25) is 19.2 Å². The molecule has 0 saturated heterocycles.